The molecule has 0 fully saturated rings. The lowest BCUT2D eigenvalue weighted by Crippen LogP contribution is -2.43. The molecule has 0 atom stereocenters. The van der Waals surface area contributed by atoms with Crippen LogP contribution in [0, 0.1) is 0 Å². The maximum absolute atomic E-state index is 12.6. The molecule has 1 aliphatic rings. The molecule has 0 bridgehead atoms. The van der Waals surface area contributed by atoms with Gasteiger partial charge in [-0.1, -0.05) is 25.1 Å². The van der Waals surface area contributed by atoms with Crippen molar-refractivity contribution in [1.29, 1.82) is 0 Å². The standard InChI is InChI=1S/C18H24N4O2/c1-3-20(2)9-10-21-11-12-22-17(18(21)23)13-15(19-22)14-24-16-7-5-4-6-8-16/h4-8,13H,3,9-12,14H2,1-2H3. The summed E-state index contributed by atoms with van der Waals surface area (Å²) in [4.78, 5) is 16.7. The Kier molecular flexibility index (Phi) is 5.15. The Labute approximate surface area is 142 Å². The quantitative estimate of drug-likeness (QED) is 0.779. The first-order valence-corrected chi connectivity index (χ1v) is 8.39. The SMILES string of the molecule is CCN(C)CCN1CCn2nc(COc3ccccc3)cc2C1=O. The number of rotatable bonds is 7. The van der Waals surface area contributed by atoms with Gasteiger partial charge in [-0.15, -0.1) is 0 Å². The Morgan fingerprint density at radius 2 is 2.04 bits per heavy atom. The number of ether oxygens (including phenoxy) is 1. The smallest absolute Gasteiger partial charge is 0.272 e. The molecule has 0 spiro atoms. The highest BCUT2D eigenvalue weighted by Gasteiger charge is 2.26. The number of carbonyl (C=O) groups excluding carboxylic acids is 1. The molecule has 0 aliphatic carbocycles. The van der Waals surface area contributed by atoms with E-state index in [-0.39, 0.29) is 5.91 Å². The lowest BCUT2D eigenvalue weighted by molar-refractivity contribution is 0.0682. The van der Waals surface area contributed by atoms with Crippen molar-refractivity contribution in [2.75, 3.05) is 33.2 Å². The Balaban J connectivity index is 1.62. The highest BCUT2D eigenvalue weighted by Crippen LogP contribution is 2.16. The van der Waals surface area contributed by atoms with Crippen molar-refractivity contribution in [1.82, 2.24) is 19.6 Å². The van der Waals surface area contributed by atoms with Crippen molar-refractivity contribution in [2.24, 2.45) is 0 Å². The molecule has 0 saturated heterocycles. The zero-order valence-electron chi connectivity index (χ0n) is 14.3. The average molecular weight is 328 g/mol. The summed E-state index contributed by atoms with van der Waals surface area (Å²) >= 11 is 0. The average Bonchev–Trinajstić information content (AvgIpc) is 3.04. The zero-order valence-corrected chi connectivity index (χ0v) is 14.3. The minimum Gasteiger partial charge on any atom is -0.487 e. The van der Waals surface area contributed by atoms with Gasteiger partial charge in [-0.05, 0) is 31.8 Å². The first kappa shape index (κ1) is 16.5. The van der Waals surface area contributed by atoms with E-state index in [4.69, 9.17) is 4.74 Å². The van der Waals surface area contributed by atoms with Crippen LogP contribution >= 0.6 is 0 Å². The molecule has 128 valence electrons. The van der Waals surface area contributed by atoms with Crippen molar-refractivity contribution in [3.63, 3.8) is 0 Å². The van der Waals surface area contributed by atoms with Gasteiger partial charge in [0.05, 0.1) is 6.54 Å². The molecule has 1 amide bonds. The molecule has 6 heteroatoms. The Hall–Kier alpha value is -2.34. The molecule has 2 aromatic rings. The van der Waals surface area contributed by atoms with Gasteiger partial charge in [0.15, 0.2) is 0 Å². The van der Waals surface area contributed by atoms with Crippen molar-refractivity contribution >= 4 is 5.91 Å². The number of aromatic nitrogens is 2. The summed E-state index contributed by atoms with van der Waals surface area (Å²) in [6.45, 7) is 6.57. The summed E-state index contributed by atoms with van der Waals surface area (Å²) < 4.78 is 7.52. The molecule has 0 N–H and O–H groups in total. The largest absolute Gasteiger partial charge is 0.487 e. The second kappa shape index (κ2) is 7.49. The third-order valence-corrected chi connectivity index (χ3v) is 4.34. The summed E-state index contributed by atoms with van der Waals surface area (Å²) in [7, 11) is 2.07. The number of benzene rings is 1. The number of amides is 1. The van der Waals surface area contributed by atoms with Gasteiger partial charge < -0.3 is 14.5 Å². The summed E-state index contributed by atoms with van der Waals surface area (Å²) in [5.74, 6) is 0.864. The van der Waals surface area contributed by atoms with E-state index in [1.807, 2.05) is 41.3 Å². The van der Waals surface area contributed by atoms with Gasteiger partial charge in [0, 0.05) is 19.6 Å². The van der Waals surface area contributed by atoms with Gasteiger partial charge in [0.1, 0.15) is 23.7 Å². The lowest BCUT2D eigenvalue weighted by Gasteiger charge is -2.28. The summed E-state index contributed by atoms with van der Waals surface area (Å²) in [5, 5.41) is 4.50. The molecule has 0 radical (unpaired) electrons. The first-order chi connectivity index (χ1) is 11.7. The van der Waals surface area contributed by atoms with Crippen LogP contribution in [-0.2, 0) is 13.2 Å². The highest BCUT2D eigenvalue weighted by molar-refractivity contribution is 5.93. The van der Waals surface area contributed by atoms with E-state index in [1.54, 1.807) is 4.68 Å². The topological polar surface area (TPSA) is 50.6 Å². The normalized spacial score (nSPS) is 14.1. The number of hydrogen-bond donors (Lipinski definition) is 0. The number of para-hydroxylation sites is 1. The maximum atomic E-state index is 12.6. The molecule has 6 nitrogen and oxygen atoms in total. The predicted molar refractivity (Wildman–Crippen MR) is 92.1 cm³/mol. The molecular formula is C18H24N4O2. The van der Waals surface area contributed by atoms with E-state index < -0.39 is 0 Å². The fraction of sp³-hybridized carbons (Fsp3) is 0.444. The monoisotopic (exact) mass is 328 g/mol. The van der Waals surface area contributed by atoms with E-state index in [1.165, 1.54) is 0 Å². The molecule has 1 aliphatic heterocycles. The summed E-state index contributed by atoms with van der Waals surface area (Å²) in [6, 6.07) is 11.5. The maximum Gasteiger partial charge on any atom is 0.272 e. The second-order valence-electron chi connectivity index (χ2n) is 6.03. The molecule has 0 unspecified atom stereocenters. The number of hydrogen-bond acceptors (Lipinski definition) is 4. The fourth-order valence-electron chi connectivity index (χ4n) is 2.70. The number of carbonyl (C=O) groups is 1. The van der Waals surface area contributed by atoms with Crippen molar-refractivity contribution in [3.8, 4) is 5.75 Å². The third-order valence-electron chi connectivity index (χ3n) is 4.34. The van der Waals surface area contributed by atoms with Gasteiger partial charge in [-0.3, -0.25) is 9.48 Å². The molecule has 1 aromatic heterocycles. The molecule has 0 saturated carbocycles. The molecule has 24 heavy (non-hydrogen) atoms. The van der Waals surface area contributed by atoms with Crippen LogP contribution in [0.3, 0.4) is 0 Å². The second-order valence-corrected chi connectivity index (χ2v) is 6.03. The Morgan fingerprint density at radius 3 is 2.79 bits per heavy atom. The van der Waals surface area contributed by atoms with Crippen LogP contribution in [0.15, 0.2) is 36.4 Å². The van der Waals surface area contributed by atoms with Crippen molar-refractivity contribution < 1.29 is 9.53 Å². The predicted octanol–water partition coefficient (Wildman–Crippen LogP) is 1.87. The van der Waals surface area contributed by atoms with Gasteiger partial charge >= 0.3 is 0 Å². The van der Waals surface area contributed by atoms with Crippen LogP contribution in [0.2, 0.25) is 0 Å². The van der Waals surface area contributed by atoms with Crippen LogP contribution in [0.1, 0.15) is 23.1 Å². The highest BCUT2D eigenvalue weighted by atomic mass is 16.5. The van der Waals surface area contributed by atoms with Gasteiger partial charge in [0.25, 0.3) is 5.91 Å². The van der Waals surface area contributed by atoms with Gasteiger partial charge in [-0.25, -0.2) is 0 Å². The van der Waals surface area contributed by atoms with Crippen LogP contribution in [-0.4, -0.2) is 58.7 Å². The zero-order chi connectivity index (χ0) is 16.9. The third kappa shape index (κ3) is 3.76. The number of fused-ring (bicyclic) bond motifs is 1. The number of likely N-dealkylation sites (N-methyl/N-ethyl adjacent to an activating group) is 1. The van der Waals surface area contributed by atoms with Crippen molar-refractivity contribution in [2.45, 2.75) is 20.1 Å². The van der Waals surface area contributed by atoms with E-state index in [0.717, 1.165) is 37.6 Å². The fourth-order valence-corrected chi connectivity index (χ4v) is 2.70. The van der Waals surface area contributed by atoms with Crippen LogP contribution in [0.5, 0.6) is 5.75 Å². The number of nitrogens with zero attached hydrogens (tertiary/aromatic N) is 4. The van der Waals surface area contributed by atoms with Gasteiger partial charge in [-0.2, -0.15) is 5.10 Å². The van der Waals surface area contributed by atoms with E-state index in [9.17, 15) is 4.79 Å². The summed E-state index contributed by atoms with van der Waals surface area (Å²) in [5.41, 5.74) is 1.45. The molecule has 3 rings (SSSR count). The Morgan fingerprint density at radius 1 is 1.25 bits per heavy atom. The van der Waals surface area contributed by atoms with Crippen LogP contribution in [0.25, 0.3) is 0 Å². The molecule has 2 heterocycles. The molecule has 1 aromatic carbocycles. The Bertz CT molecular complexity index is 684. The summed E-state index contributed by atoms with van der Waals surface area (Å²) in [6.07, 6.45) is 0. The van der Waals surface area contributed by atoms with E-state index >= 15 is 0 Å². The first-order valence-electron chi connectivity index (χ1n) is 8.39. The van der Waals surface area contributed by atoms with Crippen LogP contribution < -0.4 is 4.74 Å². The minimum absolute atomic E-state index is 0.0595. The van der Waals surface area contributed by atoms with E-state index in [2.05, 4.69) is 24.0 Å². The van der Waals surface area contributed by atoms with Crippen LogP contribution in [0.4, 0.5) is 0 Å². The van der Waals surface area contributed by atoms with Crippen molar-refractivity contribution in [3.05, 3.63) is 47.8 Å². The van der Waals surface area contributed by atoms with Gasteiger partial charge in [0.2, 0.25) is 0 Å². The molecular weight excluding hydrogens is 304 g/mol. The lowest BCUT2D eigenvalue weighted by atomic mass is 10.2. The minimum atomic E-state index is 0.0595. The van der Waals surface area contributed by atoms with E-state index in [0.29, 0.717) is 18.8 Å².